The zero-order chi connectivity index (χ0) is 21.0. The van der Waals surface area contributed by atoms with E-state index in [1.807, 2.05) is 48.5 Å². The molecule has 29 heavy (non-hydrogen) atoms. The Balaban J connectivity index is 1.61. The number of carbonyl (C=O) groups excluding carboxylic acids is 3. The number of fused-ring (bicyclic) bond motifs is 3. The van der Waals surface area contributed by atoms with E-state index in [0.717, 1.165) is 22.3 Å². The quantitative estimate of drug-likeness (QED) is 0.550. The van der Waals surface area contributed by atoms with E-state index in [4.69, 9.17) is 15.2 Å². The smallest absolute Gasteiger partial charge is 0.407 e. The van der Waals surface area contributed by atoms with Gasteiger partial charge in [-0.1, -0.05) is 48.5 Å². The zero-order valence-electron chi connectivity index (χ0n) is 16.4. The van der Waals surface area contributed by atoms with Gasteiger partial charge in [0.15, 0.2) is 11.8 Å². The third kappa shape index (κ3) is 4.30. The van der Waals surface area contributed by atoms with E-state index in [1.54, 1.807) is 6.92 Å². The third-order valence-corrected chi connectivity index (χ3v) is 4.95. The first kappa shape index (κ1) is 20.5. The van der Waals surface area contributed by atoms with E-state index in [2.05, 4.69) is 5.32 Å². The molecule has 7 nitrogen and oxygen atoms in total. The summed E-state index contributed by atoms with van der Waals surface area (Å²) in [6, 6.07) is 13.6. The van der Waals surface area contributed by atoms with Crippen LogP contribution < -0.4 is 11.1 Å². The van der Waals surface area contributed by atoms with E-state index >= 15 is 0 Å². The van der Waals surface area contributed by atoms with Gasteiger partial charge in [-0.2, -0.15) is 0 Å². The number of nitrogens with one attached hydrogen (secondary N) is 1. The number of hydrogen-bond acceptors (Lipinski definition) is 6. The summed E-state index contributed by atoms with van der Waals surface area (Å²) < 4.78 is 10.1. The monoisotopic (exact) mass is 396 g/mol. The first-order valence-corrected chi connectivity index (χ1v) is 9.51. The fraction of sp³-hybridized carbons (Fsp3) is 0.318. The topological polar surface area (TPSA) is 108 Å². The SMILES string of the molecule is CCOC(=O)C(N)C(=O)[C@H](C)NC(=O)OCC1c2ccccc2-c2ccccc21. The summed E-state index contributed by atoms with van der Waals surface area (Å²) in [5.74, 6) is -1.54. The lowest BCUT2D eigenvalue weighted by molar-refractivity contribution is -0.147. The fourth-order valence-electron chi connectivity index (χ4n) is 3.51. The predicted molar refractivity (Wildman–Crippen MR) is 107 cm³/mol. The average Bonchev–Trinajstić information content (AvgIpc) is 3.05. The van der Waals surface area contributed by atoms with Crippen LogP contribution in [0.1, 0.15) is 30.9 Å². The van der Waals surface area contributed by atoms with Crippen molar-refractivity contribution in [1.29, 1.82) is 0 Å². The van der Waals surface area contributed by atoms with Gasteiger partial charge in [0.25, 0.3) is 0 Å². The molecule has 7 heteroatoms. The van der Waals surface area contributed by atoms with Crippen molar-refractivity contribution >= 4 is 17.8 Å². The Labute approximate surface area is 169 Å². The zero-order valence-corrected chi connectivity index (χ0v) is 16.4. The number of rotatable bonds is 7. The summed E-state index contributed by atoms with van der Waals surface area (Å²) in [5, 5.41) is 2.43. The highest BCUT2D eigenvalue weighted by molar-refractivity contribution is 6.06. The van der Waals surface area contributed by atoms with Crippen LogP contribution in [0.3, 0.4) is 0 Å². The Hall–Kier alpha value is -3.19. The van der Waals surface area contributed by atoms with Gasteiger partial charge in [0, 0.05) is 5.92 Å². The van der Waals surface area contributed by atoms with Crippen LogP contribution in [0.2, 0.25) is 0 Å². The van der Waals surface area contributed by atoms with Crippen LogP contribution >= 0.6 is 0 Å². The molecule has 3 N–H and O–H groups in total. The number of ketones is 1. The van der Waals surface area contributed by atoms with E-state index in [-0.39, 0.29) is 19.1 Å². The van der Waals surface area contributed by atoms with Crippen LogP contribution in [-0.4, -0.2) is 43.1 Å². The number of hydrogen-bond donors (Lipinski definition) is 2. The summed E-state index contributed by atoms with van der Waals surface area (Å²) >= 11 is 0. The number of Topliss-reactive ketones (excluding diaryl/α,β-unsaturated/α-hetero) is 1. The lowest BCUT2D eigenvalue weighted by atomic mass is 9.98. The van der Waals surface area contributed by atoms with Crippen LogP contribution in [0.5, 0.6) is 0 Å². The highest BCUT2D eigenvalue weighted by Gasteiger charge is 2.31. The summed E-state index contributed by atoms with van der Waals surface area (Å²) in [7, 11) is 0. The van der Waals surface area contributed by atoms with Crippen molar-refractivity contribution in [2.75, 3.05) is 13.2 Å². The Bertz CT molecular complexity index is 881. The summed E-state index contributed by atoms with van der Waals surface area (Å²) in [6.07, 6.45) is -0.747. The second-order valence-electron chi connectivity index (χ2n) is 6.82. The molecule has 152 valence electrons. The molecule has 0 bridgehead atoms. The number of benzene rings is 2. The van der Waals surface area contributed by atoms with Crippen LogP contribution in [0.25, 0.3) is 11.1 Å². The van der Waals surface area contributed by atoms with Gasteiger partial charge in [0.2, 0.25) is 0 Å². The van der Waals surface area contributed by atoms with E-state index in [0.29, 0.717) is 0 Å². The number of amides is 1. The molecule has 2 atom stereocenters. The number of alkyl carbamates (subject to hydrolysis) is 1. The van der Waals surface area contributed by atoms with Gasteiger partial charge in [-0.3, -0.25) is 4.79 Å². The van der Waals surface area contributed by atoms with Crippen LogP contribution in [0.15, 0.2) is 48.5 Å². The molecule has 0 saturated heterocycles. The predicted octanol–water partition coefficient (Wildman–Crippen LogP) is 2.37. The van der Waals surface area contributed by atoms with Crippen molar-refractivity contribution in [3.63, 3.8) is 0 Å². The molecule has 0 fully saturated rings. The van der Waals surface area contributed by atoms with Crippen molar-refractivity contribution in [3.8, 4) is 11.1 Å². The van der Waals surface area contributed by atoms with E-state index in [9.17, 15) is 14.4 Å². The van der Waals surface area contributed by atoms with Gasteiger partial charge in [-0.05, 0) is 36.1 Å². The Morgan fingerprint density at radius 1 is 1.00 bits per heavy atom. The number of ether oxygens (including phenoxy) is 2. The molecular weight excluding hydrogens is 372 g/mol. The number of esters is 1. The highest BCUT2D eigenvalue weighted by Crippen LogP contribution is 2.44. The minimum absolute atomic E-state index is 0.0825. The molecule has 3 rings (SSSR count). The lowest BCUT2D eigenvalue weighted by Gasteiger charge is -2.18. The fourth-order valence-corrected chi connectivity index (χ4v) is 3.51. The molecule has 0 aromatic heterocycles. The minimum atomic E-state index is -1.45. The van der Waals surface area contributed by atoms with Crippen LogP contribution in [-0.2, 0) is 19.1 Å². The highest BCUT2D eigenvalue weighted by atomic mass is 16.5. The molecule has 0 heterocycles. The van der Waals surface area contributed by atoms with Gasteiger partial charge < -0.3 is 20.5 Å². The maximum absolute atomic E-state index is 12.2. The number of carbonyl (C=O) groups is 3. The average molecular weight is 396 g/mol. The van der Waals surface area contributed by atoms with Gasteiger partial charge >= 0.3 is 12.1 Å². The first-order valence-electron chi connectivity index (χ1n) is 9.51. The molecule has 0 aliphatic heterocycles. The van der Waals surface area contributed by atoms with Crippen LogP contribution in [0.4, 0.5) is 4.79 Å². The van der Waals surface area contributed by atoms with Crippen molar-refractivity contribution in [2.45, 2.75) is 31.8 Å². The molecule has 0 saturated carbocycles. The standard InChI is InChI=1S/C22H24N2O5/c1-3-28-21(26)19(23)20(25)13(2)24-22(27)29-12-18-16-10-6-4-8-14(16)15-9-5-7-11-17(15)18/h4-11,13,18-19H,3,12,23H2,1-2H3,(H,24,27)/t13-,19?/m0/s1. The molecule has 2 aromatic rings. The van der Waals surface area contributed by atoms with Gasteiger partial charge in [0.1, 0.15) is 6.61 Å². The normalized spacial score (nSPS) is 14.3. The molecule has 1 amide bonds. The largest absolute Gasteiger partial charge is 0.464 e. The van der Waals surface area contributed by atoms with Gasteiger partial charge in [-0.25, -0.2) is 9.59 Å². The molecule has 1 aliphatic carbocycles. The van der Waals surface area contributed by atoms with Gasteiger partial charge in [-0.15, -0.1) is 0 Å². The van der Waals surface area contributed by atoms with Crippen molar-refractivity contribution in [2.24, 2.45) is 5.73 Å². The molecule has 0 spiro atoms. The van der Waals surface area contributed by atoms with Crippen molar-refractivity contribution in [3.05, 3.63) is 59.7 Å². The molecular formula is C22H24N2O5. The second kappa shape index (κ2) is 8.87. The Kier molecular flexibility index (Phi) is 6.29. The first-order chi connectivity index (χ1) is 13.9. The number of nitrogens with two attached hydrogens (primary N) is 1. The molecule has 1 aliphatic rings. The maximum atomic E-state index is 12.2. The Morgan fingerprint density at radius 3 is 2.10 bits per heavy atom. The lowest BCUT2D eigenvalue weighted by Crippen LogP contribution is -2.50. The molecule has 0 radical (unpaired) electrons. The Morgan fingerprint density at radius 2 is 1.55 bits per heavy atom. The minimum Gasteiger partial charge on any atom is -0.464 e. The second-order valence-corrected chi connectivity index (χ2v) is 6.82. The van der Waals surface area contributed by atoms with Gasteiger partial charge in [0.05, 0.1) is 12.6 Å². The van der Waals surface area contributed by atoms with Crippen molar-refractivity contribution < 1.29 is 23.9 Å². The third-order valence-electron chi connectivity index (χ3n) is 4.95. The summed E-state index contributed by atoms with van der Waals surface area (Å²) in [5.41, 5.74) is 10.0. The summed E-state index contributed by atoms with van der Waals surface area (Å²) in [6.45, 7) is 3.31. The molecule has 2 aromatic carbocycles. The summed E-state index contributed by atoms with van der Waals surface area (Å²) in [4.78, 5) is 36.0. The van der Waals surface area contributed by atoms with E-state index in [1.165, 1.54) is 6.92 Å². The van der Waals surface area contributed by atoms with E-state index < -0.39 is 29.9 Å². The van der Waals surface area contributed by atoms with Crippen molar-refractivity contribution in [1.82, 2.24) is 5.32 Å². The maximum Gasteiger partial charge on any atom is 0.407 e. The van der Waals surface area contributed by atoms with Crippen LogP contribution in [0, 0.1) is 0 Å². The molecule has 1 unspecified atom stereocenters.